The van der Waals surface area contributed by atoms with E-state index < -0.39 is 6.16 Å². The Morgan fingerprint density at radius 1 is 0.939 bits per heavy atom. The highest BCUT2D eigenvalue weighted by atomic mass is 16.7. The Labute approximate surface area is 193 Å². The molecule has 1 fully saturated rings. The predicted molar refractivity (Wildman–Crippen MR) is 123 cm³/mol. The molecule has 0 bridgehead atoms. The summed E-state index contributed by atoms with van der Waals surface area (Å²) in [6.45, 7) is 3.95. The summed E-state index contributed by atoms with van der Waals surface area (Å²) >= 11 is 0. The lowest BCUT2D eigenvalue weighted by Gasteiger charge is -2.21. The summed E-state index contributed by atoms with van der Waals surface area (Å²) in [5, 5.41) is 0. The van der Waals surface area contributed by atoms with Gasteiger partial charge in [0.2, 0.25) is 5.91 Å². The van der Waals surface area contributed by atoms with E-state index in [2.05, 4.69) is 0 Å². The first kappa shape index (κ1) is 23.8. The molecule has 0 spiro atoms. The number of hydrogen-bond donors (Lipinski definition) is 0. The van der Waals surface area contributed by atoms with Gasteiger partial charge in [-0.2, -0.15) is 0 Å². The van der Waals surface area contributed by atoms with Crippen LogP contribution in [-0.4, -0.2) is 67.7 Å². The molecule has 1 saturated heterocycles. The molecule has 2 amide bonds. The van der Waals surface area contributed by atoms with Crippen molar-refractivity contribution in [2.24, 2.45) is 0 Å². The van der Waals surface area contributed by atoms with Crippen molar-refractivity contribution in [2.75, 3.05) is 39.9 Å². The molecule has 1 heterocycles. The second-order valence-electron chi connectivity index (χ2n) is 7.39. The van der Waals surface area contributed by atoms with Gasteiger partial charge < -0.3 is 24.0 Å². The lowest BCUT2D eigenvalue weighted by molar-refractivity contribution is -0.125. The zero-order chi connectivity index (χ0) is 23.6. The molecule has 0 unspecified atom stereocenters. The Hall–Kier alpha value is -3.81. The number of methoxy groups -OCH3 is 1. The number of hydrogen-bond acceptors (Lipinski definition) is 6. The number of benzene rings is 2. The van der Waals surface area contributed by atoms with Gasteiger partial charge in [0.1, 0.15) is 11.5 Å². The molecule has 0 N–H and O–H groups in total. The third kappa shape index (κ3) is 6.83. The Morgan fingerprint density at radius 3 is 2.39 bits per heavy atom. The largest absolute Gasteiger partial charge is 0.513 e. The Bertz CT molecular complexity index is 1000. The van der Waals surface area contributed by atoms with Crippen LogP contribution in [0.1, 0.15) is 29.3 Å². The topological polar surface area (TPSA) is 85.4 Å². The maximum absolute atomic E-state index is 12.9. The van der Waals surface area contributed by atoms with Crippen LogP contribution in [0, 0.1) is 0 Å². The average molecular weight is 453 g/mol. The molecular weight excluding hydrogens is 424 g/mol. The van der Waals surface area contributed by atoms with E-state index in [0.29, 0.717) is 43.9 Å². The van der Waals surface area contributed by atoms with Gasteiger partial charge >= 0.3 is 6.16 Å². The highest BCUT2D eigenvalue weighted by Gasteiger charge is 2.22. The van der Waals surface area contributed by atoms with Crippen molar-refractivity contribution >= 4 is 24.0 Å². The van der Waals surface area contributed by atoms with Gasteiger partial charge in [0.05, 0.1) is 13.7 Å². The summed E-state index contributed by atoms with van der Waals surface area (Å²) in [6.07, 6.45) is 3.22. The van der Waals surface area contributed by atoms with Crippen LogP contribution in [0.4, 0.5) is 4.79 Å². The first-order valence-electron chi connectivity index (χ1n) is 10.8. The molecule has 174 valence electrons. The quantitative estimate of drug-likeness (QED) is 0.378. The molecule has 0 radical (unpaired) electrons. The second kappa shape index (κ2) is 11.7. The van der Waals surface area contributed by atoms with Gasteiger partial charge in [-0.1, -0.05) is 12.1 Å². The molecular formula is C25H28N2O6. The molecule has 8 nitrogen and oxygen atoms in total. The van der Waals surface area contributed by atoms with E-state index in [-0.39, 0.29) is 18.4 Å². The van der Waals surface area contributed by atoms with E-state index in [1.54, 1.807) is 60.3 Å². The van der Waals surface area contributed by atoms with Gasteiger partial charge in [0.25, 0.3) is 5.91 Å². The Morgan fingerprint density at radius 2 is 1.67 bits per heavy atom. The maximum Gasteiger partial charge on any atom is 0.513 e. The van der Waals surface area contributed by atoms with Gasteiger partial charge in [-0.05, 0) is 61.4 Å². The minimum Gasteiger partial charge on any atom is -0.497 e. The molecule has 8 heteroatoms. The van der Waals surface area contributed by atoms with Crippen molar-refractivity contribution in [2.45, 2.75) is 13.3 Å². The molecule has 1 aliphatic rings. The molecule has 0 aromatic heterocycles. The van der Waals surface area contributed by atoms with Crippen molar-refractivity contribution in [1.29, 1.82) is 0 Å². The normalized spacial score (nSPS) is 14.0. The van der Waals surface area contributed by atoms with Crippen LogP contribution in [0.25, 0.3) is 6.08 Å². The van der Waals surface area contributed by atoms with Crippen LogP contribution in [-0.2, 0) is 9.53 Å². The Kier molecular flexibility index (Phi) is 8.46. The third-order valence-electron chi connectivity index (χ3n) is 5.17. The van der Waals surface area contributed by atoms with Crippen molar-refractivity contribution < 1.29 is 28.6 Å². The number of rotatable bonds is 6. The first-order chi connectivity index (χ1) is 16.0. The molecule has 2 aromatic rings. The van der Waals surface area contributed by atoms with E-state index in [9.17, 15) is 14.4 Å². The fraction of sp³-hybridized carbons (Fsp3) is 0.320. The summed E-state index contributed by atoms with van der Waals surface area (Å²) in [5.41, 5.74) is 1.37. The first-order valence-corrected chi connectivity index (χ1v) is 10.8. The molecule has 0 atom stereocenters. The third-order valence-corrected chi connectivity index (χ3v) is 5.17. The zero-order valence-corrected chi connectivity index (χ0v) is 18.9. The van der Waals surface area contributed by atoms with E-state index in [0.717, 1.165) is 11.3 Å². The van der Waals surface area contributed by atoms with Gasteiger partial charge in [0, 0.05) is 37.8 Å². The highest BCUT2D eigenvalue weighted by Crippen LogP contribution is 2.17. The monoisotopic (exact) mass is 452 g/mol. The molecule has 0 aliphatic carbocycles. The summed E-state index contributed by atoms with van der Waals surface area (Å²) in [5.74, 6) is 0.820. The van der Waals surface area contributed by atoms with E-state index in [4.69, 9.17) is 14.2 Å². The van der Waals surface area contributed by atoms with Crippen LogP contribution >= 0.6 is 0 Å². The number of nitrogens with zero attached hydrogens (tertiary/aromatic N) is 2. The number of ether oxygens (including phenoxy) is 3. The highest BCUT2D eigenvalue weighted by molar-refractivity contribution is 5.95. The van der Waals surface area contributed by atoms with Crippen LogP contribution in [0.15, 0.2) is 54.6 Å². The number of carbonyl (C=O) groups is 3. The minimum atomic E-state index is -0.783. The van der Waals surface area contributed by atoms with Crippen molar-refractivity contribution in [1.82, 2.24) is 9.80 Å². The van der Waals surface area contributed by atoms with Gasteiger partial charge in [-0.25, -0.2) is 4.79 Å². The molecule has 33 heavy (non-hydrogen) atoms. The van der Waals surface area contributed by atoms with E-state index in [1.165, 1.54) is 0 Å². The van der Waals surface area contributed by atoms with Crippen LogP contribution in [0.5, 0.6) is 11.5 Å². The molecule has 1 aliphatic heterocycles. The SMILES string of the molecule is CCOC(=O)Oc1ccc(C(=O)N2CCCN(C(=O)/C=C/c3cccc(OC)c3)CC2)cc1. The van der Waals surface area contributed by atoms with Crippen molar-refractivity contribution in [3.63, 3.8) is 0 Å². The average Bonchev–Trinajstić information content (AvgIpc) is 3.09. The summed E-state index contributed by atoms with van der Waals surface area (Å²) in [6, 6.07) is 13.8. The minimum absolute atomic E-state index is 0.0902. The van der Waals surface area contributed by atoms with Crippen LogP contribution < -0.4 is 9.47 Å². The number of amides is 2. The fourth-order valence-electron chi connectivity index (χ4n) is 3.45. The number of carbonyl (C=O) groups excluding carboxylic acids is 3. The van der Waals surface area contributed by atoms with E-state index >= 15 is 0 Å². The van der Waals surface area contributed by atoms with Crippen molar-refractivity contribution in [3.05, 3.63) is 65.7 Å². The smallest absolute Gasteiger partial charge is 0.497 e. The molecule has 2 aromatic carbocycles. The Balaban J connectivity index is 1.55. The standard InChI is InChI=1S/C25H28N2O6/c1-3-32-25(30)33-21-11-9-20(10-12-21)24(29)27-15-5-14-26(16-17-27)23(28)13-8-19-6-4-7-22(18-19)31-2/h4,6-13,18H,3,5,14-17H2,1-2H3/b13-8+. The summed E-state index contributed by atoms with van der Waals surface area (Å²) in [7, 11) is 1.60. The lowest BCUT2D eigenvalue weighted by atomic mass is 10.2. The van der Waals surface area contributed by atoms with Gasteiger partial charge in [-0.3, -0.25) is 9.59 Å². The summed E-state index contributed by atoms with van der Waals surface area (Å²) < 4.78 is 15.0. The van der Waals surface area contributed by atoms with Crippen LogP contribution in [0.3, 0.4) is 0 Å². The molecule has 3 rings (SSSR count). The maximum atomic E-state index is 12.9. The van der Waals surface area contributed by atoms with Gasteiger partial charge in [-0.15, -0.1) is 0 Å². The predicted octanol–water partition coefficient (Wildman–Crippen LogP) is 3.62. The lowest BCUT2D eigenvalue weighted by Crippen LogP contribution is -2.36. The molecule has 0 saturated carbocycles. The fourth-order valence-corrected chi connectivity index (χ4v) is 3.45. The zero-order valence-electron chi connectivity index (χ0n) is 18.9. The van der Waals surface area contributed by atoms with Crippen LogP contribution in [0.2, 0.25) is 0 Å². The van der Waals surface area contributed by atoms with Crippen molar-refractivity contribution in [3.8, 4) is 11.5 Å². The summed E-state index contributed by atoms with van der Waals surface area (Å²) in [4.78, 5) is 40.4. The van der Waals surface area contributed by atoms with E-state index in [1.807, 2.05) is 24.3 Å². The van der Waals surface area contributed by atoms with Gasteiger partial charge in [0.15, 0.2) is 0 Å². The second-order valence-corrected chi connectivity index (χ2v) is 7.39.